The Bertz CT molecular complexity index is 1220. The van der Waals surface area contributed by atoms with Crippen LogP contribution < -0.4 is 0 Å². The van der Waals surface area contributed by atoms with Gasteiger partial charge in [-0.2, -0.15) is 18.3 Å². The molecule has 0 unspecified atom stereocenters. The highest BCUT2D eigenvalue weighted by atomic mass is 32.2. The van der Waals surface area contributed by atoms with Crippen molar-refractivity contribution in [3.8, 4) is 22.6 Å². The number of hydrogen-bond acceptors (Lipinski definition) is 6. The first-order valence-corrected chi connectivity index (χ1v) is 12.4. The lowest BCUT2D eigenvalue weighted by Crippen LogP contribution is -2.16. The van der Waals surface area contributed by atoms with Crippen LogP contribution in [-0.4, -0.2) is 47.1 Å². The highest BCUT2D eigenvalue weighted by molar-refractivity contribution is 7.98. The second-order valence-corrected chi connectivity index (χ2v) is 9.80. The van der Waals surface area contributed by atoms with Gasteiger partial charge in [-0.15, -0.1) is 11.8 Å². The van der Waals surface area contributed by atoms with Gasteiger partial charge in [-0.05, 0) is 42.2 Å². The predicted octanol–water partition coefficient (Wildman–Crippen LogP) is 4.22. The molecule has 0 atom stereocenters. The first kappa shape index (κ1) is 23.9. The van der Waals surface area contributed by atoms with Gasteiger partial charge in [-0.3, -0.25) is 9.48 Å². The Kier molecular flexibility index (Phi) is 7.03. The average molecular weight is 488 g/mol. The van der Waals surface area contributed by atoms with Crippen molar-refractivity contribution in [1.82, 2.24) is 14.8 Å². The van der Waals surface area contributed by atoms with Gasteiger partial charge in [0.15, 0.2) is 15.5 Å². The van der Waals surface area contributed by atoms with Crippen molar-refractivity contribution in [2.75, 3.05) is 17.9 Å². The Labute approximate surface area is 186 Å². The lowest BCUT2D eigenvalue weighted by Gasteiger charge is -2.07. The van der Waals surface area contributed by atoms with Crippen molar-refractivity contribution in [1.29, 1.82) is 0 Å². The van der Waals surface area contributed by atoms with Gasteiger partial charge in [-0.25, -0.2) is 8.42 Å². The van der Waals surface area contributed by atoms with Gasteiger partial charge in [0.05, 0.1) is 22.0 Å². The van der Waals surface area contributed by atoms with Crippen LogP contribution in [0.5, 0.6) is 0 Å². The molecule has 0 bridgehead atoms. The summed E-state index contributed by atoms with van der Waals surface area (Å²) < 4.78 is 69.9. The number of benzene rings is 1. The van der Waals surface area contributed by atoms with Crippen LogP contribution >= 0.6 is 11.8 Å². The molecule has 3 rings (SSSR count). The number of aromatic amines is 1. The van der Waals surface area contributed by atoms with Crippen molar-refractivity contribution >= 4 is 27.6 Å². The third kappa shape index (κ3) is 5.36. The molecule has 172 valence electrons. The Balaban J connectivity index is 1.98. The van der Waals surface area contributed by atoms with Crippen molar-refractivity contribution in [2.24, 2.45) is 0 Å². The van der Waals surface area contributed by atoms with Gasteiger partial charge in [0.25, 0.3) is 0 Å². The molecule has 0 fully saturated rings. The molecule has 2 heterocycles. The fourth-order valence-corrected chi connectivity index (χ4v) is 4.10. The van der Waals surface area contributed by atoms with Crippen LogP contribution in [0.3, 0.4) is 0 Å². The molecule has 1 aromatic carbocycles. The van der Waals surface area contributed by atoms with Crippen LogP contribution in [0.4, 0.5) is 13.2 Å². The topological polar surface area (TPSA) is 94.1 Å². The van der Waals surface area contributed by atoms with Crippen LogP contribution in [0.25, 0.3) is 22.6 Å². The van der Waals surface area contributed by atoms with E-state index in [2.05, 4.69) is 10.1 Å². The number of aromatic nitrogens is 3. The van der Waals surface area contributed by atoms with Gasteiger partial charge in [0.2, 0.25) is 0 Å². The van der Waals surface area contributed by atoms with E-state index in [1.165, 1.54) is 30.0 Å². The number of hydrogen-bond donors (Lipinski definition) is 1. The van der Waals surface area contributed by atoms with E-state index in [-0.39, 0.29) is 28.0 Å². The maximum Gasteiger partial charge on any atom is 0.435 e. The smallest absolute Gasteiger partial charge is 0.435 e. The second-order valence-electron chi connectivity index (χ2n) is 6.71. The summed E-state index contributed by atoms with van der Waals surface area (Å²) in [7, 11) is -3.42. The molecule has 0 saturated heterocycles. The number of nitrogens with one attached hydrogen (secondary N) is 1. The number of alkyl halides is 3. The summed E-state index contributed by atoms with van der Waals surface area (Å²) >= 11 is 1.25. The lowest BCUT2D eigenvalue weighted by molar-refractivity contribution is -0.144. The zero-order chi connectivity index (χ0) is 23.5. The maximum absolute atomic E-state index is 13.2. The Morgan fingerprint density at radius 1 is 1.19 bits per heavy atom. The van der Waals surface area contributed by atoms with Crippen LogP contribution in [0.15, 0.2) is 47.4 Å². The Morgan fingerprint density at radius 3 is 2.56 bits per heavy atom. The van der Waals surface area contributed by atoms with Gasteiger partial charge in [0, 0.05) is 5.69 Å². The third-order valence-electron chi connectivity index (χ3n) is 4.53. The third-order valence-corrected chi connectivity index (χ3v) is 6.62. The number of esters is 1. The first-order chi connectivity index (χ1) is 15.0. The number of carbonyl (C=O) groups is 1. The highest BCUT2D eigenvalue weighted by Gasteiger charge is 2.35. The van der Waals surface area contributed by atoms with E-state index in [1.807, 2.05) is 0 Å². The molecule has 0 spiro atoms. The number of carbonyl (C=O) groups excluding carboxylic acids is 1. The molecule has 0 aliphatic rings. The molecule has 3 aromatic rings. The molecule has 0 amide bonds. The van der Waals surface area contributed by atoms with E-state index in [9.17, 15) is 26.4 Å². The van der Waals surface area contributed by atoms with Gasteiger partial charge >= 0.3 is 12.1 Å². The molecule has 12 heteroatoms. The summed E-state index contributed by atoms with van der Waals surface area (Å²) in [5, 5.41) is 3.53. The van der Waals surface area contributed by atoms with Gasteiger partial charge < -0.3 is 9.72 Å². The molecule has 7 nitrogen and oxygen atoms in total. The number of thioether (sulfide) groups is 1. The molecule has 0 aliphatic heterocycles. The molecule has 0 radical (unpaired) electrons. The summed E-state index contributed by atoms with van der Waals surface area (Å²) in [6, 6.07) is 10.2. The zero-order valence-corrected chi connectivity index (χ0v) is 18.8. The quantitative estimate of drug-likeness (QED) is 0.378. The minimum atomic E-state index is -4.69. The number of sulfone groups is 1. The summed E-state index contributed by atoms with van der Waals surface area (Å²) in [4.78, 5) is 15.1. The Morgan fingerprint density at radius 2 is 1.91 bits per heavy atom. The van der Waals surface area contributed by atoms with Gasteiger partial charge in [0.1, 0.15) is 12.5 Å². The standard InChI is InChI=1S/C20H20F3N3O4S2/c1-3-32(28,29)14-6-4-5-13(9-14)15-7-8-16(24-15)17-10-18(20(21,22)23)25-26(17)11-19(27)30-12-31-2/h4-10,24H,3,11-12H2,1-2H3. The summed E-state index contributed by atoms with van der Waals surface area (Å²) in [6.07, 6.45) is -2.98. The molecular formula is C20H20F3N3O4S2. The lowest BCUT2D eigenvalue weighted by atomic mass is 10.2. The van der Waals surface area contributed by atoms with Crippen molar-refractivity contribution in [3.05, 3.63) is 48.2 Å². The fraction of sp³-hybridized carbons (Fsp3) is 0.300. The van der Waals surface area contributed by atoms with Crippen molar-refractivity contribution in [2.45, 2.75) is 24.5 Å². The Hall–Kier alpha value is -2.73. The number of H-pyrrole nitrogens is 1. The van der Waals surface area contributed by atoms with E-state index in [0.717, 1.165) is 10.7 Å². The normalized spacial score (nSPS) is 12.2. The number of ether oxygens (including phenoxy) is 1. The van der Waals surface area contributed by atoms with Crippen LogP contribution in [0, 0.1) is 0 Å². The van der Waals surface area contributed by atoms with Crippen molar-refractivity contribution < 1.29 is 31.1 Å². The number of rotatable bonds is 8. The summed E-state index contributed by atoms with van der Waals surface area (Å²) in [6.45, 7) is 1.04. The molecular weight excluding hydrogens is 467 g/mol. The van der Waals surface area contributed by atoms with E-state index < -0.39 is 34.2 Å². The van der Waals surface area contributed by atoms with E-state index in [4.69, 9.17) is 4.74 Å². The monoisotopic (exact) mass is 487 g/mol. The van der Waals surface area contributed by atoms with E-state index in [1.54, 1.807) is 31.4 Å². The summed E-state index contributed by atoms with van der Waals surface area (Å²) in [5.41, 5.74) is 0.232. The highest BCUT2D eigenvalue weighted by Crippen LogP contribution is 2.33. The molecule has 0 saturated carbocycles. The van der Waals surface area contributed by atoms with Crippen LogP contribution in [0.2, 0.25) is 0 Å². The molecule has 0 aliphatic carbocycles. The predicted molar refractivity (Wildman–Crippen MR) is 115 cm³/mol. The molecule has 1 N–H and O–H groups in total. The minimum absolute atomic E-state index is 0.0435. The van der Waals surface area contributed by atoms with Crippen LogP contribution in [0.1, 0.15) is 12.6 Å². The maximum atomic E-state index is 13.2. The number of nitrogens with zero attached hydrogens (tertiary/aromatic N) is 2. The first-order valence-electron chi connectivity index (χ1n) is 9.37. The van der Waals surface area contributed by atoms with Gasteiger partial charge in [-0.1, -0.05) is 19.1 Å². The fourth-order valence-electron chi connectivity index (χ4n) is 2.92. The number of halogens is 3. The molecule has 32 heavy (non-hydrogen) atoms. The SMILES string of the molecule is CCS(=O)(=O)c1cccc(-c2ccc(-c3cc(C(F)(F)F)nn3CC(=O)OCSC)[nH]2)c1. The summed E-state index contributed by atoms with van der Waals surface area (Å²) in [5.74, 6) is -0.703. The zero-order valence-electron chi connectivity index (χ0n) is 17.1. The van der Waals surface area contributed by atoms with Crippen LogP contribution in [-0.2, 0) is 32.1 Å². The largest absolute Gasteiger partial charge is 0.453 e. The second kappa shape index (κ2) is 9.41. The average Bonchev–Trinajstić information content (AvgIpc) is 3.39. The van der Waals surface area contributed by atoms with E-state index in [0.29, 0.717) is 11.3 Å². The van der Waals surface area contributed by atoms with Crippen molar-refractivity contribution in [3.63, 3.8) is 0 Å². The molecule has 2 aromatic heterocycles. The minimum Gasteiger partial charge on any atom is -0.453 e. The van der Waals surface area contributed by atoms with E-state index >= 15 is 0 Å².